The van der Waals surface area contributed by atoms with Crippen molar-refractivity contribution in [2.75, 3.05) is 52.9 Å². The molecule has 0 amide bonds. The molecule has 0 aliphatic heterocycles. The van der Waals surface area contributed by atoms with Crippen molar-refractivity contribution in [1.29, 1.82) is 0 Å². The minimum absolute atomic E-state index is 0.626. The predicted octanol–water partition coefficient (Wildman–Crippen LogP) is 2.51. The minimum Gasteiger partial charge on any atom is -0.379 e. The lowest BCUT2D eigenvalue weighted by Crippen LogP contribution is -2.12. The van der Waals surface area contributed by atoms with Gasteiger partial charge in [0.05, 0.1) is 39.6 Å². The highest BCUT2D eigenvalue weighted by Crippen LogP contribution is 1.98. The van der Waals surface area contributed by atoms with E-state index in [1.165, 1.54) is 0 Å². The van der Waals surface area contributed by atoms with Crippen molar-refractivity contribution < 1.29 is 18.9 Å². The summed E-state index contributed by atoms with van der Waals surface area (Å²) in [5, 5.41) is 0. The quantitative estimate of drug-likeness (QED) is 0.451. The van der Waals surface area contributed by atoms with Gasteiger partial charge in [0.1, 0.15) is 0 Å². The third-order valence-electron chi connectivity index (χ3n) is 2.30. The van der Waals surface area contributed by atoms with Crippen molar-refractivity contribution in [2.45, 2.75) is 33.6 Å². The van der Waals surface area contributed by atoms with Gasteiger partial charge in [-0.3, -0.25) is 0 Å². The summed E-state index contributed by atoms with van der Waals surface area (Å²) in [6.07, 6.45) is 2.17. The maximum atomic E-state index is 5.43. The molecule has 0 fully saturated rings. The third-order valence-corrected chi connectivity index (χ3v) is 2.30. The Morgan fingerprint density at radius 1 is 0.611 bits per heavy atom. The Morgan fingerprint density at radius 3 is 1.39 bits per heavy atom. The molecule has 0 aromatic heterocycles. The standard InChI is InChI=1S/C14H30O4/c1-4-6-15-8-10-17-12-13-18-11-9-16-7-5-14(2)3/h14H,4-13H2,1-3H3. The van der Waals surface area contributed by atoms with Gasteiger partial charge in [-0.2, -0.15) is 0 Å². The monoisotopic (exact) mass is 262 g/mol. The fourth-order valence-corrected chi connectivity index (χ4v) is 1.23. The minimum atomic E-state index is 0.626. The fourth-order valence-electron chi connectivity index (χ4n) is 1.23. The van der Waals surface area contributed by atoms with Gasteiger partial charge in [0, 0.05) is 13.2 Å². The van der Waals surface area contributed by atoms with Crippen molar-refractivity contribution in [1.82, 2.24) is 0 Å². The summed E-state index contributed by atoms with van der Waals surface area (Å²) in [7, 11) is 0. The van der Waals surface area contributed by atoms with Gasteiger partial charge in [0.2, 0.25) is 0 Å². The van der Waals surface area contributed by atoms with Crippen LogP contribution in [0.25, 0.3) is 0 Å². The van der Waals surface area contributed by atoms with E-state index in [4.69, 9.17) is 18.9 Å². The van der Waals surface area contributed by atoms with Crippen molar-refractivity contribution in [3.05, 3.63) is 0 Å². The molecule has 4 nitrogen and oxygen atoms in total. The zero-order valence-electron chi connectivity index (χ0n) is 12.3. The Bertz CT molecular complexity index is 151. The Kier molecular flexibility index (Phi) is 14.8. The maximum Gasteiger partial charge on any atom is 0.0701 e. The molecule has 0 spiro atoms. The normalized spacial score (nSPS) is 11.3. The number of hydrogen-bond acceptors (Lipinski definition) is 4. The molecule has 0 aromatic rings. The SMILES string of the molecule is CCCOCCOCCOCCOCCC(C)C. The molecule has 0 bridgehead atoms. The second kappa shape index (κ2) is 14.9. The van der Waals surface area contributed by atoms with Gasteiger partial charge in [0.25, 0.3) is 0 Å². The highest BCUT2D eigenvalue weighted by Gasteiger charge is 1.94. The molecule has 0 unspecified atom stereocenters. The zero-order valence-corrected chi connectivity index (χ0v) is 12.3. The van der Waals surface area contributed by atoms with E-state index < -0.39 is 0 Å². The molecule has 0 rings (SSSR count). The van der Waals surface area contributed by atoms with Crippen LogP contribution in [-0.4, -0.2) is 52.9 Å². The lowest BCUT2D eigenvalue weighted by Gasteiger charge is -2.08. The van der Waals surface area contributed by atoms with Crippen molar-refractivity contribution in [3.8, 4) is 0 Å². The molecule has 0 atom stereocenters. The largest absolute Gasteiger partial charge is 0.379 e. The smallest absolute Gasteiger partial charge is 0.0701 e. The summed E-state index contributed by atoms with van der Waals surface area (Å²) in [5.74, 6) is 0.703. The van der Waals surface area contributed by atoms with E-state index in [2.05, 4.69) is 20.8 Å². The van der Waals surface area contributed by atoms with E-state index in [9.17, 15) is 0 Å². The molecule has 0 saturated heterocycles. The molecule has 110 valence electrons. The highest BCUT2D eigenvalue weighted by atomic mass is 16.6. The first-order valence-corrected chi connectivity index (χ1v) is 7.08. The second-order valence-electron chi connectivity index (χ2n) is 4.63. The van der Waals surface area contributed by atoms with Crippen LogP contribution in [0.3, 0.4) is 0 Å². The maximum absolute atomic E-state index is 5.43. The second-order valence-corrected chi connectivity index (χ2v) is 4.63. The summed E-state index contributed by atoms with van der Waals surface area (Å²) < 4.78 is 21.4. The Balaban J connectivity index is 2.90. The van der Waals surface area contributed by atoms with Gasteiger partial charge in [-0.15, -0.1) is 0 Å². The van der Waals surface area contributed by atoms with Crippen molar-refractivity contribution in [3.63, 3.8) is 0 Å². The highest BCUT2D eigenvalue weighted by molar-refractivity contribution is 4.42. The molecule has 0 N–H and O–H groups in total. The van der Waals surface area contributed by atoms with Crippen LogP contribution in [0.1, 0.15) is 33.6 Å². The average Bonchev–Trinajstić information content (AvgIpc) is 2.34. The van der Waals surface area contributed by atoms with E-state index in [1.54, 1.807) is 0 Å². The van der Waals surface area contributed by atoms with Crippen LogP contribution < -0.4 is 0 Å². The van der Waals surface area contributed by atoms with E-state index >= 15 is 0 Å². The molecule has 0 aliphatic rings. The molecule has 4 heteroatoms. The number of rotatable bonds is 14. The average molecular weight is 262 g/mol. The van der Waals surface area contributed by atoms with Crippen molar-refractivity contribution >= 4 is 0 Å². The van der Waals surface area contributed by atoms with E-state index in [1.807, 2.05) is 0 Å². The predicted molar refractivity (Wildman–Crippen MR) is 73.0 cm³/mol. The molecule has 0 aliphatic carbocycles. The fraction of sp³-hybridized carbons (Fsp3) is 1.00. The van der Waals surface area contributed by atoms with E-state index in [0.717, 1.165) is 26.1 Å². The lowest BCUT2D eigenvalue weighted by molar-refractivity contribution is -0.00264. The van der Waals surface area contributed by atoms with Gasteiger partial charge < -0.3 is 18.9 Å². The molecule has 0 heterocycles. The summed E-state index contributed by atoms with van der Waals surface area (Å²) in [4.78, 5) is 0. The number of hydrogen-bond donors (Lipinski definition) is 0. The third kappa shape index (κ3) is 15.8. The summed E-state index contributed by atoms with van der Waals surface area (Å²) in [6.45, 7) is 12.0. The van der Waals surface area contributed by atoms with Crippen molar-refractivity contribution in [2.24, 2.45) is 5.92 Å². The Morgan fingerprint density at radius 2 is 1.00 bits per heavy atom. The van der Waals surface area contributed by atoms with Crippen LogP contribution in [0.4, 0.5) is 0 Å². The van der Waals surface area contributed by atoms with Crippen LogP contribution in [0.2, 0.25) is 0 Å². The molecular weight excluding hydrogens is 232 g/mol. The zero-order chi connectivity index (χ0) is 13.5. The summed E-state index contributed by atoms with van der Waals surface area (Å²) in [5.41, 5.74) is 0. The summed E-state index contributed by atoms with van der Waals surface area (Å²) in [6, 6.07) is 0. The van der Waals surface area contributed by atoms with Crippen LogP contribution >= 0.6 is 0 Å². The topological polar surface area (TPSA) is 36.9 Å². The van der Waals surface area contributed by atoms with Crippen LogP contribution in [-0.2, 0) is 18.9 Å². The van der Waals surface area contributed by atoms with Gasteiger partial charge in [0.15, 0.2) is 0 Å². The van der Waals surface area contributed by atoms with Gasteiger partial charge in [-0.05, 0) is 18.8 Å². The van der Waals surface area contributed by atoms with Gasteiger partial charge >= 0.3 is 0 Å². The first-order valence-electron chi connectivity index (χ1n) is 7.08. The van der Waals surface area contributed by atoms with Crippen LogP contribution in [0, 0.1) is 5.92 Å². The lowest BCUT2D eigenvalue weighted by atomic mass is 10.1. The molecule has 0 aromatic carbocycles. The first-order chi connectivity index (χ1) is 8.77. The molecular formula is C14H30O4. The molecule has 0 radical (unpaired) electrons. The van der Waals surface area contributed by atoms with Crippen LogP contribution in [0.15, 0.2) is 0 Å². The van der Waals surface area contributed by atoms with Gasteiger partial charge in [-0.25, -0.2) is 0 Å². The summed E-state index contributed by atoms with van der Waals surface area (Å²) >= 11 is 0. The van der Waals surface area contributed by atoms with Gasteiger partial charge in [-0.1, -0.05) is 20.8 Å². The van der Waals surface area contributed by atoms with E-state index in [-0.39, 0.29) is 0 Å². The molecule has 0 saturated carbocycles. The number of ether oxygens (including phenoxy) is 4. The molecule has 18 heavy (non-hydrogen) atoms. The van der Waals surface area contributed by atoms with E-state index in [0.29, 0.717) is 45.6 Å². The Hall–Kier alpha value is -0.160. The Labute approximate surface area is 112 Å². The first kappa shape index (κ1) is 17.8. The van der Waals surface area contributed by atoms with Crippen LogP contribution in [0.5, 0.6) is 0 Å².